The van der Waals surface area contributed by atoms with Crippen molar-refractivity contribution in [2.24, 2.45) is 5.92 Å². The van der Waals surface area contributed by atoms with Gasteiger partial charge in [-0.15, -0.1) is 0 Å². The number of unbranched alkanes of at least 4 members (excludes halogenated alkanes) is 1. The van der Waals surface area contributed by atoms with Gasteiger partial charge < -0.3 is 10.2 Å². The van der Waals surface area contributed by atoms with Gasteiger partial charge in [-0.05, 0) is 37.0 Å². The van der Waals surface area contributed by atoms with Crippen LogP contribution in [0.25, 0.3) is 5.57 Å². The number of nitriles is 1. The van der Waals surface area contributed by atoms with E-state index in [-0.39, 0.29) is 5.91 Å². The van der Waals surface area contributed by atoms with Crippen LogP contribution in [0.15, 0.2) is 42.1 Å². The van der Waals surface area contributed by atoms with Gasteiger partial charge in [0, 0.05) is 18.8 Å². The fourth-order valence-corrected chi connectivity index (χ4v) is 3.41. The molecular weight excluding hydrogens is 322 g/mol. The van der Waals surface area contributed by atoms with E-state index in [0.29, 0.717) is 22.8 Å². The minimum atomic E-state index is -0.253. The Morgan fingerprint density at radius 1 is 1.23 bits per heavy atom. The van der Waals surface area contributed by atoms with Crippen LogP contribution in [-0.2, 0) is 4.79 Å². The molecule has 26 heavy (non-hydrogen) atoms. The van der Waals surface area contributed by atoms with Gasteiger partial charge in [0.15, 0.2) is 0 Å². The second-order valence-corrected chi connectivity index (χ2v) is 6.80. The number of hydrogen-bond donors (Lipinski definition) is 1. The van der Waals surface area contributed by atoms with E-state index >= 15 is 0 Å². The van der Waals surface area contributed by atoms with Crippen LogP contribution in [0.3, 0.4) is 0 Å². The van der Waals surface area contributed by atoms with Gasteiger partial charge in [-0.2, -0.15) is 5.26 Å². The first-order valence-electron chi connectivity index (χ1n) is 9.55. The highest BCUT2D eigenvalue weighted by molar-refractivity contribution is 6.25. The lowest BCUT2D eigenvalue weighted by Gasteiger charge is -2.28. The van der Waals surface area contributed by atoms with Crippen molar-refractivity contribution in [3.05, 3.63) is 47.7 Å². The molecule has 4 heteroatoms. The van der Waals surface area contributed by atoms with Gasteiger partial charge in [0.2, 0.25) is 0 Å². The van der Waals surface area contributed by atoms with Crippen LogP contribution in [0.1, 0.15) is 52.0 Å². The van der Waals surface area contributed by atoms with Crippen molar-refractivity contribution in [1.82, 2.24) is 5.32 Å². The van der Waals surface area contributed by atoms with Gasteiger partial charge in [-0.3, -0.25) is 4.79 Å². The standard InChI is InChI=1S/C22H29N3O/c1-5-8-9-17(6-2)15-25(7-3)19-12-10-18(11-13-19)21-20(14-23)16(4)24-22(21)26/h10-13,17H,4-9,15H2,1-3H3,(H,24,26). The number of carbonyl (C=O) groups excluding carboxylic acids is 1. The summed E-state index contributed by atoms with van der Waals surface area (Å²) >= 11 is 0. The molecule has 0 aromatic heterocycles. The first kappa shape index (κ1) is 19.8. The van der Waals surface area contributed by atoms with E-state index in [1.54, 1.807) is 0 Å². The molecule has 0 aliphatic carbocycles. The van der Waals surface area contributed by atoms with Crippen molar-refractivity contribution >= 4 is 17.2 Å². The normalized spacial score (nSPS) is 15.0. The summed E-state index contributed by atoms with van der Waals surface area (Å²) in [4.78, 5) is 14.5. The predicted molar refractivity (Wildman–Crippen MR) is 107 cm³/mol. The van der Waals surface area contributed by atoms with Gasteiger partial charge in [-0.1, -0.05) is 51.8 Å². The highest BCUT2D eigenvalue weighted by atomic mass is 16.2. The molecule has 1 N–H and O–H groups in total. The molecule has 2 rings (SSSR count). The van der Waals surface area contributed by atoms with Crippen molar-refractivity contribution in [2.75, 3.05) is 18.0 Å². The molecule has 0 bridgehead atoms. The number of amides is 1. The van der Waals surface area contributed by atoms with Crippen LogP contribution in [0.2, 0.25) is 0 Å². The molecule has 0 radical (unpaired) electrons. The Balaban J connectivity index is 2.20. The van der Waals surface area contributed by atoms with E-state index in [2.05, 4.69) is 43.6 Å². The first-order chi connectivity index (χ1) is 12.5. The summed E-state index contributed by atoms with van der Waals surface area (Å²) in [5, 5.41) is 11.9. The zero-order chi connectivity index (χ0) is 19.1. The number of nitrogens with one attached hydrogen (secondary N) is 1. The molecule has 1 aromatic carbocycles. The molecule has 138 valence electrons. The Bertz CT molecular complexity index is 725. The van der Waals surface area contributed by atoms with Crippen molar-refractivity contribution < 1.29 is 4.79 Å². The van der Waals surface area contributed by atoms with Crippen LogP contribution in [0.5, 0.6) is 0 Å². The predicted octanol–water partition coefficient (Wildman–Crippen LogP) is 4.65. The average molecular weight is 351 g/mol. The maximum Gasteiger partial charge on any atom is 0.257 e. The molecule has 1 aromatic rings. The second-order valence-electron chi connectivity index (χ2n) is 6.80. The number of allylic oxidation sites excluding steroid dienone is 1. The molecule has 0 fully saturated rings. The Morgan fingerprint density at radius 2 is 1.92 bits per heavy atom. The summed E-state index contributed by atoms with van der Waals surface area (Å²) in [5.74, 6) is 0.448. The van der Waals surface area contributed by atoms with E-state index in [4.69, 9.17) is 0 Å². The molecule has 4 nitrogen and oxygen atoms in total. The zero-order valence-corrected chi connectivity index (χ0v) is 16.1. The summed E-state index contributed by atoms with van der Waals surface area (Å²) in [6, 6.07) is 10.0. The minimum Gasteiger partial charge on any atom is -0.372 e. The number of anilines is 1. The van der Waals surface area contributed by atoms with Gasteiger partial charge in [-0.25, -0.2) is 0 Å². The highest BCUT2D eigenvalue weighted by Gasteiger charge is 2.27. The smallest absolute Gasteiger partial charge is 0.257 e. The third kappa shape index (κ3) is 4.35. The van der Waals surface area contributed by atoms with E-state index in [9.17, 15) is 10.1 Å². The number of carbonyl (C=O) groups is 1. The molecule has 1 aliphatic heterocycles. The van der Waals surface area contributed by atoms with Gasteiger partial charge >= 0.3 is 0 Å². The average Bonchev–Trinajstić information content (AvgIpc) is 2.95. The highest BCUT2D eigenvalue weighted by Crippen LogP contribution is 2.29. The molecule has 1 amide bonds. The van der Waals surface area contributed by atoms with E-state index in [1.165, 1.54) is 25.7 Å². The van der Waals surface area contributed by atoms with E-state index in [0.717, 1.165) is 24.3 Å². The molecule has 1 aliphatic rings. The number of hydrogen-bond acceptors (Lipinski definition) is 3. The Kier molecular flexibility index (Phi) is 7.03. The second kappa shape index (κ2) is 9.24. The molecule has 1 atom stereocenters. The number of rotatable bonds is 9. The Labute approximate surface area is 157 Å². The van der Waals surface area contributed by atoms with Crippen molar-refractivity contribution in [3.63, 3.8) is 0 Å². The largest absolute Gasteiger partial charge is 0.372 e. The third-order valence-electron chi connectivity index (χ3n) is 5.08. The van der Waals surface area contributed by atoms with Crippen LogP contribution in [0, 0.1) is 17.2 Å². The van der Waals surface area contributed by atoms with Crippen molar-refractivity contribution in [1.29, 1.82) is 5.26 Å². The molecule has 0 spiro atoms. The van der Waals surface area contributed by atoms with E-state index < -0.39 is 0 Å². The van der Waals surface area contributed by atoms with Crippen LogP contribution in [0.4, 0.5) is 5.69 Å². The maximum absolute atomic E-state index is 12.1. The van der Waals surface area contributed by atoms with Crippen LogP contribution >= 0.6 is 0 Å². The monoisotopic (exact) mass is 351 g/mol. The van der Waals surface area contributed by atoms with Gasteiger partial charge in [0.1, 0.15) is 6.07 Å². The Morgan fingerprint density at radius 3 is 2.46 bits per heavy atom. The molecular formula is C22H29N3O. The summed E-state index contributed by atoms with van der Waals surface area (Å²) < 4.78 is 0. The van der Waals surface area contributed by atoms with E-state index in [1.807, 2.05) is 24.3 Å². The fourth-order valence-electron chi connectivity index (χ4n) is 3.41. The van der Waals surface area contributed by atoms with Crippen molar-refractivity contribution in [2.45, 2.75) is 46.5 Å². The molecule has 1 heterocycles. The summed E-state index contributed by atoms with van der Waals surface area (Å²) in [6.45, 7) is 12.4. The van der Waals surface area contributed by atoms with Crippen LogP contribution in [-0.4, -0.2) is 19.0 Å². The lowest BCUT2D eigenvalue weighted by molar-refractivity contribution is -0.114. The molecule has 1 unspecified atom stereocenters. The minimum absolute atomic E-state index is 0.253. The molecule has 0 saturated carbocycles. The summed E-state index contributed by atoms with van der Waals surface area (Å²) in [5.41, 5.74) is 3.05. The lowest BCUT2D eigenvalue weighted by Crippen LogP contribution is -2.29. The summed E-state index contributed by atoms with van der Waals surface area (Å²) in [7, 11) is 0. The number of benzene rings is 1. The third-order valence-corrected chi connectivity index (χ3v) is 5.08. The van der Waals surface area contributed by atoms with Crippen LogP contribution < -0.4 is 10.2 Å². The summed E-state index contributed by atoms with van der Waals surface area (Å²) in [6.07, 6.45) is 4.97. The van der Waals surface area contributed by atoms with Gasteiger partial charge in [0.05, 0.1) is 16.8 Å². The number of nitrogens with zero attached hydrogens (tertiary/aromatic N) is 2. The first-order valence-corrected chi connectivity index (χ1v) is 9.55. The maximum atomic E-state index is 12.1. The lowest BCUT2D eigenvalue weighted by atomic mass is 9.98. The van der Waals surface area contributed by atoms with Gasteiger partial charge in [0.25, 0.3) is 5.91 Å². The fraction of sp³-hybridized carbons (Fsp3) is 0.455. The van der Waals surface area contributed by atoms with Crippen molar-refractivity contribution in [3.8, 4) is 6.07 Å². The SMILES string of the molecule is C=C1NC(=O)C(c2ccc(N(CC)CC(CC)CCCC)cc2)=C1C#N. The molecule has 0 saturated heterocycles. The topological polar surface area (TPSA) is 56.1 Å². The quantitative estimate of drug-likeness (QED) is 0.704. The zero-order valence-electron chi connectivity index (χ0n) is 16.1. The Hall–Kier alpha value is -2.54.